The Labute approximate surface area is 183 Å². The molecule has 0 aliphatic rings. The molecule has 4 rings (SSSR count). The van der Waals surface area contributed by atoms with Gasteiger partial charge in [-0.1, -0.05) is 42.5 Å². The number of hydrogen-bond acceptors (Lipinski definition) is 5. The highest BCUT2D eigenvalue weighted by Gasteiger charge is 2.22. The molecule has 0 atom stereocenters. The standard InChI is InChI=1S/C24H21FN2O5/c1-31-22(28)13-26-12-20-19-11-17(25)9-10-21(19)27(23(20)32-24(29)30)14-16-7-4-6-15-5-2-3-8-18(15)16/h2-11,26H,12-14H2,1H3,(H,29,30). The molecule has 3 aromatic carbocycles. The maximum Gasteiger partial charge on any atom is 0.512 e. The first kappa shape index (κ1) is 21.3. The number of halogens is 1. The Balaban J connectivity index is 1.85. The lowest BCUT2D eigenvalue weighted by Crippen LogP contribution is -2.24. The number of carboxylic acid groups (broad SMARTS) is 1. The van der Waals surface area contributed by atoms with E-state index in [1.165, 1.54) is 19.2 Å². The highest BCUT2D eigenvalue weighted by molar-refractivity contribution is 5.89. The van der Waals surface area contributed by atoms with Gasteiger partial charge in [-0.2, -0.15) is 0 Å². The Morgan fingerprint density at radius 3 is 2.62 bits per heavy atom. The van der Waals surface area contributed by atoms with Gasteiger partial charge in [-0.15, -0.1) is 0 Å². The zero-order valence-corrected chi connectivity index (χ0v) is 17.3. The summed E-state index contributed by atoms with van der Waals surface area (Å²) in [6.45, 7) is 0.303. The summed E-state index contributed by atoms with van der Waals surface area (Å²) in [6.07, 6.45) is -1.48. The molecule has 0 radical (unpaired) electrons. The minimum absolute atomic E-state index is 0.0726. The Hall–Kier alpha value is -3.91. The van der Waals surface area contributed by atoms with E-state index in [1.54, 1.807) is 10.6 Å². The number of rotatable bonds is 7. The van der Waals surface area contributed by atoms with Crippen molar-refractivity contribution in [3.8, 4) is 5.88 Å². The maximum atomic E-state index is 14.1. The van der Waals surface area contributed by atoms with Gasteiger partial charge in [0.2, 0.25) is 5.88 Å². The van der Waals surface area contributed by atoms with Gasteiger partial charge >= 0.3 is 12.1 Å². The molecule has 0 bridgehead atoms. The third-order valence-corrected chi connectivity index (χ3v) is 5.27. The average Bonchev–Trinajstić information content (AvgIpc) is 3.05. The molecule has 2 N–H and O–H groups in total. The Morgan fingerprint density at radius 2 is 1.84 bits per heavy atom. The monoisotopic (exact) mass is 436 g/mol. The van der Waals surface area contributed by atoms with Gasteiger partial charge < -0.3 is 24.5 Å². The van der Waals surface area contributed by atoms with Crippen LogP contribution in [0.4, 0.5) is 9.18 Å². The Morgan fingerprint density at radius 1 is 1.06 bits per heavy atom. The number of nitrogens with zero attached hydrogens (tertiary/aromatic N) is 1. The third-order valence-electron chi connectivity index (χ3n) is 5.27. The topological polar surface area (TPSA) is 89.8 Å². The maximum absolute atomic E-state index is 14.1. The van der Waals surface area contributed by atoms with Crippen molar-refractivity contribution in [1.82, 2.24) is 9.88 Å². The minimum atomic E-state index is -1.48. The van der Waals surface area contributed by atoms with E-state index in [0.29, 0.717) is 23.0 Å². The van der Waals surface area contributed by atoms with Crippen LogP contribution in [0.3, 0.4) is 0 Å². The number of carbonyl (C=O) groups excluding carboxylic acids is 1. The number of aromatic nitrogens is 1. The van der Waals surface area contributed by atoms with Crippen molar-refractivity contribution in [2.24, 2.45) is 0 Å². The molecule has 0 saturated heterocycles. The summed E-state index contributed by atoms with van der Waals surface area (Å²) in [5.41, 5.74) is 2.00. The summed E-state index contributed by atoms with van der Waals surface area (Å²) in [5, 5.41) is 14.8. The van der Waals surface area contributed by atoms with Gasteiger partial charge in [0.1, 0.15) is 5.82 Å². The highest BCUT2D eigenvalue weighted by atomic mass is 19.1. The molecule has 1 aromatic heterocycles. The molecule has 0 amide bonds. The number of methoxy groups -OCH3 is 1. The predicted molar refractivity (Wildman–Crippen MR) is 117 cm³/mol. The smallest absolute Gasteiger partial charge is 0.468 e. The zero-order chi connectivity index (χ0) is 22.7. The molecule has 164 valence electrons. The molecule has 1 heterocycles. The summed E-state index contributed by atoms with van der Waals surface area (Å²) in [7, 11) is 1.27. The lowest BCUT2D eigenvalue weighted by atomic mass is 10.0. The van der Waals surface area contributed by atoms with Crippen LogP contribution in [-0.4, -0.2) is 35.5 Å². The van der Waals surface area contributed by atoms with Crippen LogP contribution in [0.1, 0.15) is 11.1 Å². The second-order valence-electron chi connectivity index (χ2n) is 7.22. The second kappa shape index (κ2) is 9.07. The molecule has 0 saturated carbocycles. The molecule has 0 spiro atoms. The number of ether oxygens (including phenoxy) is 2. The summed E-state index contributed by atoms with van der Waals surface area (Å²) < 4.78 is 25.6. The van der Waals surface area contributed by atoms with Crippen LogP contribution in [-0.2, 0) is 22.6 Å². The fourth-order valence-corrected chi connectivity index (χ4v) is 3.86. The van der Waals surface area contributed by atoms with Crippen LogP contribution in [0.5, 0.6) is 5.88 Å². The number of benzene rings is 3. The van der Waals surface area contributed by atoms with Crippen molar-refractivity contribution in [3.63, 3.8) is 0 Å². The first-order chi connectivity index (χ1) is 15.5. The second-order valence-corrected chi connectivity index (χ2v) is 7.22. The summed E-state index contributed by atoms with van der Waals surface area (Å²) in [5.74, 6) is -0.865. The number of fused-ring (bicyclic) bond motifs is 2. The molecule has 8 heteroatoms. The molecule has 4 aromatic rings. The van der Waals surface area contributed by atoms with Crippen LogP contribution < -0.4 is 10.1 Å². The third kappa shape index (κ3) is 4.26. The van der Waals surface area contributed by atoms with Crippen molar-refractivity contribution < 1.29 is 28.6 Å². The first-order valence-corrected chi connectivity index (χ1v) is 9.93. The van der Waals surface area contributed by atoms with Gasteiger partial charge in [0.15, 0.2) is 0 Å². The van der Waals surface area contributed by atoms with Crippen molar-refractivity contribution in [2.45, 2.75) is 13.1 Å². The molecule has 0 aliphatic heterocycles. The number of carbonyl (C=O) groups is 2. The van der Waals surface area contributed by atoms with E-state index >= 15 is 0 Å². The molecule has 0 unspecified atom stereocenters. The minimum Gasteiger partial charge on any atom is -0.468 e. The lowest BCUT2D eigenvalue weighted by Gasteiger charge is -2.13. The summed E-state index contributed by atoms with van der Waals surface area (Å²) in [4.78, 5) is 23.0. The van der Waals surface area contributed by atoms with E-state index in [9.17, 15) is 19.1 Å². The number of nitrogens with one attached hydrogen (secondary N) is 1. The van der Waals surface area contributed by atoms with Crippen LogP contribution in [0.2, 0.25) is 0 Å². The van der Waals surface area contributed by atoms with Crippen LogP contribution >= 0.6 is 0 Å². The first-order valence-electron chi connectivity index (χ1n) is 9.93. The van der Waals surface area contributed by atoms with Crippen molar-refractivity contribution in [1.29, 1.82) is 0 Å². The number of hydrogen-bond donors (Lipinski definition) is 2. The van der Waals surface area contributed by atoms with Crippen LogP contribution in [0.15, 0.2) is 60.7 Å². The van der Waals surface area contributed by atoms with E-state index < -0.39 is 17.9 Å². The fourth-order valence-electron chi connectivity index (χ4n) is 3.86. The largest absolute Gasteiger partial charge is 0.512 e. The Kier molecular flexibility index (Phi) is 6.04. The molecular weight excluding hydrogens is 415 g/mol. The van der Waals surface area contributed by atoms with Crippen LogP contribution in [0, 0.1) is 5.82 Å². The lowest BCUT2D eigenvalue weighted by molar-refractivity contribution is -0.139. The van der Waals surface area contributed by atoms with E-state index in [4.69, 9.17) is 4.74 Å². The molecule has 0 aliphatic carbocycles. The van der Waals surface area contributed by atoms with E-state index in [1.807, 2.05) is 42.5 Å². The quantitative estimate of drug-likeness (QED) is 0.420. The van der Waals surface area contributed by atoms with Gasteiger partial charge in [0.25, 0.3) is 0 Å². The zero-order valence-electron chi connectivity index (χ0n) is 17.3. The number of esters is 1. The van der Waals surface area contributed by atoms with Gasteiger partial charge in [-0.3, -0.25) is 4.79 Å². The molecule has 32 heavy (non-hydrogen) atoms. The van der Waals surface area contributed by atoms with E-state index in [0.717, 1.165) is 16.3 Å². The van der Waals surface area contributed by atoms with Gasteiger partial charge in [0.05, 0.1) is 25.7 Å². The van der Waals surface area contributed by atoms with Crippen molar-refractivity contribution in [2.75, 3.05) is 13.7 Å². The summed E-state index contributed by atoms with van der Waals surface area (Å²) >= 11 is 0. The molecular formula is C24H21FN2O5. The fraction of sp³-hybridized carbons (Fsp3) is 0.167. The predicted octanol–water partition coefficient (Wildman–Crippen LogP) is 4.30. The van der Waals surface area contributed by atoms with Crippen molar-refractivity contribution >= 4 is 33.8 Å². The Bertz CT molecular complexity index is 1310. The molecule has 7 nitrogen and oxygen atoms in total. The van der Waals surface area contributed by atoms with Crippen molar-refractivity contribution in [3.05, 3.63) is 77.6 Å². The van der Waals surface area contributed by atoms with E-state index in [-0.39, 0.29) is 19.0 Å². The molecule has 0 fully saturated rings. The van der Waals surface area contributed by atoms with Crippen LogP contribution in [0.25, 0.3) is 21.7 Å². The summed E-state index contributed by atoms with van der Waals surface area (Å²) in [6, 6.07) is 18.0. The average molecular weight is 436 g/mol. The van der Waals surface area contributed by atoms with Gasteiger partial charge in [-0.05, 0) is 34.5 Å². The normalized spacial score (nSPS) is 11.1. The van der Waals surface area contributed by atoms with Gasteiger partial charge in [0, 0.05) is 17.5 Å². The van der Waals surface area contributed by atoms with Gasteiger partial charge in [-0.25, -0.2) is 9.18 Å². The highest BCUT2D eigenvalue weighted by Crippen LogP contribution is 2.34. The van der Waals surface area contributed by atoms with E-state index in [2.05, 4.69) is 10.1 Å². The SMILES string of the molecule is COC(=O)CNCc1c(OC(=O)O)n(Cc2cccc3ccccc23)c2ccc(F)cc12.